The Bertz CT molecular complexity index is 1300. The summed E-state index contributed by atoms with van der Waals surface area (Å²) < 4.78 is 7.44. The molecule has 35 heavy (non-hydrogen) atoms. The van der Waals surface area contributed by atoms with E-state index in [0.29, 0.717) is 30.0 Å². The number of nitrogens with one attached hydrogen (secondary N) is 1. The van der Waals surface area contributed by atoms with Crippen LogP contribution in [0.4, 0.5) is 17.5 Å². The summed E-state index contributed by atoms with van der Waals surface area (Å²) in [6.45, 7) is 3.03. The summed E-state index contributed by atoms with van der Waals surface area (Å²) in [4.78, 5) is 11.9. The lowest BCUT2D eigenvalue weighted by Crippen LogP contribution is -2.37. The smallest absolute Gasteiger partial charge is 0.228 e. The average molecular weight is 493 g/mol. The van der Waals surface area contributed by atoms with Crippen molar-refractivity contribution >= 4 is 40.0 Å². The summed E-state index contributed by atoms with van der Waals surface area (Å²) in [6.07, 6.45) is 2.55. The lowest BCUT2D eigenvalue weighted by molar-refractivity contribution is 0.122. The fourth-order valence-corrected chi connectivity index (χ4v) is 4.44. The van der Waals surface area contributed by atoms with Gasteiger partial charge in [0.1, 0.15) is 5.82 Å². The summed E-state index contributed by atoms with van der Waals surface area (Å²) in [5, 5.41) is 19.1. The first-order chi connectivity index (χ1) is 17.1. The molecule has 3 heterocycles. The molecule has 1 aliphatic rings. The molecule has 0 bridgehead atoms. The Morgan fingerprint density at radius 1 is 1.03 bits per heavy atom. The van der Waals surface area contributed by atoms with Crippen molar-refractivity contribution in [2.24, 2.45) is 7.05 Å². The van der Waals surface area contributed by atoms with Gasteiger partial charge in [0.15, 0.2) is 0 Å². The zero-order valence-corrected chi connectivity index (χ0v) is 20.5. The molecule has 0 atom stereocenters. The number of hydrogen-bond acceptors (Lipinski definition) is 7. The van der Waals surface area contributed by atoms with Gasteiger partial charge in [-0.05, 0) is 49.6 Å². The van der Waals surface area contributed by atoms with Crippen molar-refractivity contribution in [2.45, 2.75) is 19.3 Å². The molecule has 2 N–H and O–H groups in total. The van der Waals surface area contributed by atoms with E-state index in [1.54, 1.807) is 0 Å². The molecule has 1 fully saturated rings. The second-order valence-corrected chi connectivity index (χ2v) is 9.09. The van der Waals surface area contributed by atoms with Gasteiger partial charge in [0.25, 0.3) is 0 Å². The zero-order chi connectivity index (χ0) is 24.2. The van der Waals surface area contributed by atoms with Crippen molar-refractivity contribution in [2.75, 3.05) is 43.1 Å². The third kappa shape index (κ3) is 5.40. The Labute approximate surface area is 209 Å². The van der Waals surface area contributed by atoms with E-state index in [4.69, 9.17) is 36.5 Å². The molecule has 8 nitrogen and oxygen atoms in total. The standard InChI is InChI=1S/C26H29ClN6O2/c1-32-24-16-18(5-10-21(24)22(31-32)4-2-3-13-34)23-17-25(28-20-8-6-19(27)7-9-20)30-26(29-23)33-11-14-35-15-12-33/h5-10,16-17,34H,2-4,11-15H2,1H3,(H,28,29,30). The van der Waals surface area contributed by atoms with Gasteiger partial charge in [-0.25, -0.2) is 4.98 Å². The first kappa shape index (κ1) is 23.5. The molecule has 0 amide bonds. The van der Waals surface area contributed by atoms with E-state index in [0.717, 1.165) is 65.9 Å². The number of hydrogen-bond donors (Lipinski definition) is 2. The third-order valence-electron chi connectivity index (χ3n) is 6.17. The number of unbranched alkanes of at least 4 members (excludes halogenated alkanes) is 1. The van der Waals surface area contributed by atoms with Crippen LogP contribution in [0.2, 0.25) is 5.02 Å². The molecule has 0 aliphatic carbocycles. The monoisotopic (exact) mass is 492 g/mol. The largest absolute Gasteiger partial charge is 0.396 e. The molecule has 4 aromatic rings. The molecule has 1 saturated heterocycles. The summed E-state index contributed by atoms with van der Waals surface area (Å²) in [5.74, 6) is 1.39. The van der Waals surface area contributed by atoms with Crippen molar-refractivity contribution in [3.63, 3.8) is 0 Å². The van der Waals surface area contributed by atoms with Crippen LogP contribution in [0.1, 0.15) is 18.5 Å². The molecule has 182 valence electrons. The maximum absolute atomic E-state index is 9.11. The minimum Gasteiger partial charge on any atom is -0.396 e. The normalized spacial score (nSPS) is 14.0. The highest BCUT2D eigenvalue weighted by atomic mass is 35.5. The highest BCUT2D eigenvalue weighted by Gasteiger charge is 2.18. The minimum absolute atomic E-state index is 0.209. The highest BCUT2D eigenvalue weighted by molar-refractivity contribution is 6.30. The zero-order valence-electron chi connectivity index (χ0n) is 19.7. The fraction of sp³-hybridized carbons (Fsp3) is 0.346. The summed E-state index contributed by atoms with van der Waals surface area (Å²) in [7, 11) is 1.97. The van der Waals surface area contributed by atoms with Gasteiger partial charge in [-0.2, -0.15) is 10.1 Å². The number of anilines is 3. The molecule has 0 spiro atoms. The van der Waals surface area contributed by atoms with E-state index in [2.05, 4.69) is 28.4 Å². The Kier molecular flexibility index (Phi) is 7.13. The second kappa shape index (κ2) is 10.6. The Morgan fingerprint density at radius 3 is 2.60 bits per heavy atom. The summed E-state index contributed by atoms with van der Waals surface area (Å²) in [5.41, 5.74) is 4.85. The van der Waals surface area contributed by atoms with Gasteiger partial charge in [0, 0.05) is 54.5 Å². The van der Waals surface area contributed by atoms with Crippen molar-refractivity contribution < 1.29 is 9.84 Å². The van der Waals surface area contributed by atoms with Crippen LogP contribution < -0.4 is 10.2 Å². The lowest BCUT2D eigenvalue weighted by Gasteiger charge is -2.27. The van der Waals surface area contributed by atoms with Crippen LogP contribution in [0.5, 0.6) is 0 Å². The second-order valence-electron chi connectivity index (χ2n) is 8.65. The van der Waals surface area contributed by atoms with Crippen molar-refractivity contribution in [3.8, 4) is 11.3 Å². The molecule has 2 aromatic heterocycles. The maximum atomic E-state index is 9.11. The van der Waals surface area contributed by atoms with E-state index in [1.165, 1.54) is 0 Å². The average Bonchev–Trinajstić information content (AvgIpc) is 3.20. The number of halogens is 1. The third-order valence-corrected chi connectivity index (χ3v) is 6.42. The Morgan fingerprint density at radius 2 is 1.83 bits per heavy atom. The number of aliphatic hydroxyl groups excluding tert-OH is 1. The number of rotatable bonds is 8. The van der Waals surface area contributed by atoms with E-state index in [9.17, 15) is 0 Å². The minimum atomic E-state index is 0.209. The van der Waals surface area contributed by atoms with Crippen LogP contribution in [0, 0.1) is 0 Å². The predicted octanol–water partition coefficient (Wildman–Crippen LogP) is 4.58. The van der Waals surface area contributed by atoms with Crippen LogP contribution in [-0.2, 0) is 18.2 Å². The predicted molar refractivity (Wildman–Crippen MR) is 140 cm³/mol. The van der Waals surface area contributed by atoms with Gasteiger partial charge in [-0.15, -0.1) is 0 Å². The topological polar surface area (TPSA) is 88.3 Å². The number of fused-ring (bicyclic) bond motifs is 1. The SMILES string of the molecule is Cn1nc(CCCCO)c2ccc(-c3cc(Nc4ccc(Cl)cc4)nc(N4CCOCC4)n3)cc21. The summed E-state index contributed by atoms with van der Waals surface area (Å²) in [6, 6.07) is 15.9. The number of ether oxygens (including phenoxy) is 1. The lowest BCUT2D eigenvalue weighted by atomic mass is 10.1. The number of nitrogens with zero attached hydrogens (tertiary/aromatic N) is 5. The molecule has 0 unspecified atom stereocenters. The van der Waals surface area contributed by atoms with Crippen LogP contribution in [0.15, 0.2) is 48.5 Å². The van der Waals surface area contributed by atoms with E-state index in [1.807, 2.05) is 42.1 Å². The van der Waals surface area contributed by atoms with Crippen LogP contribution >= 0.6 is 11.6 Å². The molecule has 0 radical (unpaired) electrons. The molecular formula is C26H29ClN6O2. The molecule has 9 heteroatoms. The molecule has 1 aliphatic heterocycles. The highest BCUT2D eigenvalue weighted by Crippen LogP contribution is 2.29. The first-order valence-electron chi connectivity index (χ1n) is 11.9. The first-order valence-corrected chi connectivity index (χ1v) is 12.3. The van der Waals surface area contributed by atoms with Crippen LogP contribution in [0.3, 0.4) is 0 Å². The van der Waals surface area contributed by atoms with Gasteiger partial charge in [0.05, 0.1) is 30.1 Å². The molecule has 0 saturated carbocycles. The molecule has 5 rings (SSSR count). The number of benzene rings is 2. The number of aromatic nitrogens is 4. The van der Waals surface area contributed by atoms with Gasteiger partial charge in [-0.1, -0.05) is 23.7 Å². The number of aryl methyl sites for hydroxylation is 2. The van der Waals surface area contributed by atoms with E-state index in [-0.39, 0.29) is 6.61 Å². The molecule has 2 aromatic carbocycles. The van der Waals surface area contributed by atoms with Gasteiger partial charge in [0.2, 0.25) is 5.95 Å². The van der Waals surface area contributed by atoms with Crippen LogP contribution in [0.25, 0.3) is 22.2 Å². The van der Waals surface area contributed by atoms with Crippen LogP contribution in [-0.4, -0.2) is 57.8 Å². The Hall–Kier alpha value is -3.20. The van der Waals surface area contributed by atoms with Gasteiger partial charge >= 0.3 is 0 Å². The van der Waals surface area contributed by atoms with Crippen molar-refractivity contribution in [3.05, 3.63) is 59.2 Å². The van der Waals surface area contributed by atoms with Gasteiger partial charge in [-0.3, -0.25) is 4.68 Å². The van der Waals surface area contributed by atoms with E-state index >= 15 is 0 Å². The Balaban J connectivity index is 1.51. The maximum Gasteiger partial charge on any atom is 0.228 e. The number of aliphatic hydroxyl groups is 1. The summed E-state index contributed by atoms with van der Waals surface area (Å²) >= 11 is 6.05. The number of morpholine rings is 1. The van der Waals surface area contributed by atoms with Gasteiger partial charge < -0.3 is 20.1 Å². The molecular weight excluding hydrogens is 464 g/mol. The van der Waals surface area contributed by atoms with Crippen molar-refractivity contribution in [1.29, 1.82) is 0 Å². The van der Waals surface area contributed by atoms with E-state index < -0.39 is 0 Å². The fourth-order valence-electron chi connectivity index (χ4n) is 4.31. The quantitative estimate of drug-likeness (QED) is 0.348. The van der Waals surface area contributed by atoms with Crippen molar-refractivity contribution in [1.82, 2.24) is 19.7 Å².